The molecular formula is C14H20N2O3. The highest BCUT2D eigenvalue weighted by atomic mass is 16.5. The van der Waals surface area contributed by atoms with E-state index in [2.05, 4.69) is 10.6 Å². The number of hydrogen-bond donors (Lipinski definition) is 2. The molecule has 0 saturated carbocycles. The van der Waals surface area contributed by atoms with E-state index in [9.17, 15) is 4.79 Å². The number of ether oxygens (including phenoxy) is 2. The van der Waals surface area contributed by atoms with Crippen LogP contribution in [0.4, 0.5) is 0 Å². The summed E-state index contributed by atoms with van der Waals surface area (Å²) < 4.78 is 10.6. The van der Waals surface area contributed by atoms with Gasteiger partial charge in [-0.3, -0.25) is 4.79 Å². The smallest absolute Gasteiger partial charge is 0.250 e. The number of methoxy groups -OCH3 is 1. The van der Waals surface area contributed by atoms with Crippen LogP contribution in [0.15, 0.2) is 18.2 Å². The number of nitrogens with one attached hydrogen (secondary N) is 2. The number of carbonyl (C=O) groups is 1. The number of aryl methyl sites for hydroxylation is 1. The van der Waals surface area contributed by atoms with Crippen molar-refractivity contribution in [3.8, 4) is 5.75 Å². The van der Waals surface area contributed by atoms with Crippen molar-refractivity contribution in [3.63, 3.8) is 0 Å². The van der Waals surface area contributed by atoms with Crippen LogP contribution in [-0.2, 0) is 16.1 Å². The Morgan fingerprint density at radius 2 is 2.42 bits per heavy atom. The fourth-order valence-corrected chi connectivity index (χ4v) is 2.09. The highest BCUT2D eigenvalue weighted by Gasteiger charge is 2.21. The molecule has 1 heterocycles. The van der Waals surface area contributed by atoms with Crippen LogP contribution in [0.1, 0.15) is 11.1 Å². The van der Waals surface area contributed by atoms with Crippen LogP contribution < -0.4 is 15.4 Å². The zero-order valence-corrected chi connectivity index (χ0v) is 11.4. The molecule has 1 amide bonds. The van der Waals surface area contributed by atoms with E-state index < -0.39 is 0 Å². The molecule has 1 aliphatic heterocycles. The van der Waals surface area contributed by atoms with Crippen LogP contribution >= 0.6 is 0 Å². The van der Waals surface area contributed by atoms with Crippen molar-refractivity contribution in [1.82, 2.24) is 10.6 Å². The summed E-state index contributed by atoms with van der Waals surface area (Å²) in [5.74, 6) is 0.788. The minimum absolute atomic E-state index is 0.0688. The number of hydrogen-bond acceptors (Lipinski definition) is 4. The third-order valence-electron chi connectivity index (χ3n) is 3.15. The number of rotatable bonds is 4. The van der Waals surface area contributed by atoms with Gasteiger partial charge in [0.25, 0.3) is 5.91 Å². The standard InChI is InChI=1S/C14H20N2O3/c1-10-7-11(3-4-12(10)18-2)8-16-14(17)13-9-15-5-6-19-13/h3-4,7,13,15H,5-6,8-9H2,1-2H3,(H,16,17). The molecule has 2 rings (SSSR count). The molecule has 2 N–H and O–H groups in total. The fourth-order valence-electron chi connectivity index (χ4n) is 2.09. The predicted octanol–water partition coefficient (Wildman–Crippen LogP) is 0.608. The van der Waals surface area contributed by atoms with Crippen molar-refractivity contribution in [2.24, 2.45) is 0 Å². The van der Waals surface area contributed by atoms with Crippen LogP contribution in [0.25, 0.3) is 0 Å². The quantitative estimate of drug-likeness (QED) is 0.836. The lowest BCUT2D eigenvalue weighted by Crippen LogP contribution is -2.47. The third kappa shape index (κ3) is 3.68. The molecule has 104 valence electrons. The molecule has 1 aromatic rings. The lowest BCUT2D eigenvalue weighted by molar-refractivity contribution is -0.134. The summed E-state index contributed by atoms with van der Waals surface area (Å²) in [4.78, 5) is 11.9. The van der Waals surface area contributed by atoms with Gasteiger partial charge >= 0.3 is 0 Å². The van der Waals surface area contributed by atoms with Gasteiger partial charge in [0.05, 0.1) is 13.7 Å². The van der Waals surface area contributed by atoms with Crippen LogP contribution in [-0.4, -0.2) is 38.8 Å². The van der Waals surface area contributed by atoms with Crippen molar-refractivity contribution in [1.29, 1.82) is 0 Å². The van der Waals surface area contributed by atoms with E-state index in [-0.39, 0.29) is 12.0 Å². The van der Waals surface area contributed by atoms with Gasteiger partial charge in [-0.2, -0.15) is 0 Å². The van der Waals surface area contributed by atoms with E-state index >= 15 is 0 Å². The molecule has 1 unspecified atom stereocenters. The Labute approximate surface area is 113 Å². The molecule has 0 aliphatic carbocycles. The Morgan fingerprint density at radius 3 is 3.05 bits per heavy atom. The summed E-state index contributed by atoms with van der Waals surface area (Å²) in [7, 11) is 1.65. The summed E-state index contributed by atoms with van der Waals surface area (Å²) in [6.45, 7) is 4.45. The predicted molar refractivity (Wildman–Crippen MR) is 72.2 cm³/mol. The SMILES string of the molecule is COc1ccc(CNC(=O)C2CNCCO2)cc1C. The maximum Gasteiger partial charge on any atom is 0.250 e. The molecule has 1 aliphatic rings. The molecule has 1 atom stereocenters. The second kappa shape index (κ2) is 6.54. The van der Waals surface area contributed by atoms with Crippen molar-refractivity contribution in [2.75, 3.05) is 26.8 Å². The van der Waals surface area contributed by atoms with Gasteiger partial charge in [-0.15, -0.1) is 0 Å². The van der Waals surface area contributed by atoms with Crippen molar-refractivity contribution >= 4 is 5.91 Å². The van der Waals surface area contributed by atoms with Gasteiger partial charge in [0.2, 0.25) is 0 Å². The molecule has 0 radical (unpaired) electrons. The van der Waals surface area contributed by atoms with E-state index in [1.54, 1.807) is 7.11 Å². The zero-order chi connectivity index (χ0) is 13.7. The molecule has 5 heteroatoms. The normalized spacial score (nSPS) is 18.9. The first-order valence-electron chi connectivity index (χ1n) is 6.44. The maximum absolute atomic E-state index is 11.9. The second-order valence-corrected chi connectivity index (χ2v) is 4.59. The van der Waals surface area contributed by atoms with Crippen molar-refractivity contribution < 1.29 is 14.3 Å². The first-order chi connectivity index (χ1) is 9.20. The Balaban J connectivity index is 1.87. The van der Waals surface area contributed by atoms with Gasteiger partial charge in [-0.25, -0.2) is 0 Å². The fraction of sp³-hybridized carbons (Fsp3) is 0.500. The monoisotopic (exact) mass is 264 g/mol. The average Bonchev–Trinajstić information content (AvgIpc) is 2.46. The average molecular weight is 264 g/mol. The molecule has 1 aromatic carbocycles. The molecule has 5 nitrogen and oxygen atoms in total. The van der Waals surface area contributed by atoms with Crippen LogP contribution in [0.2, 0.25) is 0 Å². The van der Waals surface area contributed by atoms with Gasteiger partial charge in [0, 0.05) is 19.6 Å². The van der Waals surface area contributed by atoms with Crippen LogP contribution in [0, 0.1) is 6.92 Å². The minimum atomic E-state index is -0.381. The highest BCUT2D eigenvalue weighted by Crippen LogP contribution is 2.18. The Morgan fingerprint density at radius 1 is 1.58 bits per heavy atom. The first-order valence-corrected chi connectivity index (χ1v) is 6.44. The molecule has 19 heavy (non-hydrogen) atoms. The van der Waals surface area contributed by atoms with E-state index in [1.165, 1.54) is 0 Å². The minimum Gasteiger partial charge on any atom is -0.496 e. The largest absolute Gasteiger partial charge is 0.496 e. The Hall–Kier alpha value is -1.59. The van der Waals surface area contributed by atoms with E-state index in [0.717, 1.165) is 23.4 Å². The summed E-state index contributed by atoms with van der Waals surface area (Å²) in [6, 6.07) is 5.88. The van der Waals surface area contributed by atoms with Crippen LogP contribution in [0.3, 0.4) is 0 Å². The van der Waals surface area contributed by atoms with Crippen molar-refractivity contribution in [2.45, 2.75) is 19.6 Å². The number of morpholine rings is 1. The second-order valence-electron chi connectivity index (χ2n) is 4.59. The molecular weight excluding hydrogens is 244 g/mol. The van der Waals surface area contributed by atoms with Gasteiger partial charge in [0.1, 0.15) is 11.9 Å². The maximum atomic E-state index is 11.9. The Bertz CT molecular complexity index is 442. The first kappa shape index (κ1) is 13.8. The summed E-state index contributed by atoms with van der Waals surface area (Å²) >= 11 is 0. The number of carbonyl (C=O) groups excluding carboxylic acids is 1. The zero-order valence-electron chi connectivity index (χ0n) is 11.4. The lowest BCUT2D eigenvalue weighted by atomic mass is 10.1. The van der Waals surface area contributed by atoms with Gasteiger partial charge in [-0.05, 0) is 24.1 Å². The summed E-state index contributed by atoms with van der Waals surface area (Å²) in [6.07, 6.45) is -0.381. The third-order valence-corrected chi connectivity index (χ3v) is 3.15. The number of benzene rings is 1. The number of amides is 1. The topological polar surface area (TPSA) is 59.6 Å². The Kier molecular flexibility index (Phi) is 4.76. The highest BCUT2D eigenvalue weighted by molar-refractivity contribution is 5.81. The van der Waals surface area contributed by atoms with Crippen LogP contribution in [0.5, 0.6) is 5.75 Å². The van der Waals surface area contributed by atoms with Crippen molar-refractivity contribution in [3.05, 3.63) is 29.3 Å². The van der Waals surface area contributed by atoms with E-state index in [1.807, 2.05) is 25.1 Å². The van der Waals surface area contributed by atoms with E-state index in [0.29, 0.717) is 19.7 Å². The van der Waals surface area contributed by atoms with Gasteiger partial charge in [0.15, 0.2) is 0 Å². The van der Waals surface area contributed by atoms with E-state index in [4.69, 9.17) is 9.47 Å². The van der Waals surface area contributed by atoms with Gasteiger partial charge in [-0.1, -0.05) is 12.1 Å². The lowest BCUT2D eigenvalue weighted by Gasteiger charge is -2.22. The summed E-state index contributed by atoms with van der Waals surface area (Å²) in [5.41, 5.74) is 2.11. The summed E-state index contributed by atoms with van der Waals surface area (Å²) in [5, 5.41) is 6.02. The van der Waals surface area contributed by atoms with Gasteiger partial charge < -0.3 is 20.1 Å². The molecule has 0 aromatic heterocycles. The molecule has 1 saturated heterocycles. The molecule has 1 fully saturated rings. The molecule has 0 bridgehead atoms. The molecule has 0 spiro atoms.